The second-order valence-corrected chi connectivity index (χ2v) is 10.3. The number of anilines is 2. The standard InChI is InChI=1S/C22H26FN3O5S2/c1-31-20-10-9-18(33(29,30)26-11-3-2-4-12-26)13-19(20)25-22(28)15-32-14-21(27)24-17-7-5-16(23)6-8-17/h5-10,13H,2-4,11-12,14-15H2,1H3,(H,24,27)(H,25,28). The first-order valence-corrected chi connectivity index (χ1v) is 13.0. The van der Waals surface area contributed by atoms with Gasteiger partial charge in [-0.05, 0) is 55.3 Å². The average molecular weight is 496 g/mol. The fraction of sp³-hybridized carbons (Fsp3) is 0.364. The minimum atomic E-state index is -3.66. The number of hydrogen-bond acceptors (Lipinski definition) is 6. The summed E-state index contributed by atoms with van der Waals surface area (Å²) in [7, 11) is -2.23. The lowest BCUT2D eigenvalue weighted by Crippen LogP contribution is -2.35. The Kier molecular flexibility index (Phi) is 8.70. The molecular weight excluding hydrogens is 469 g/mol. The van der Waals surface area contributed by atoms with Gasteiger partial charge in [0.05, 0.1) is 29.2 Å². The van der Waals surface area contributed by atoms with Gasteiger partial charge in [0.25, 0.3) is 0 Å². The van der Waals surface area contributed by atoms with Crippen molar-refractivity contribution in [1.82, 2.24) is 4.31 Å². The van der Waals surface area contributed by atoms with Crippen molar-refractivity contribution in [3.63, 3.8) is 0 Å². The molecule has 2 aromatic carbocycles. The molecular formula is C22H26FN3O5S2. The van der Waals surface area contributed by atoms with Crippen molar-refractivity contribution >= 4 is 45.0 Å². The van der Waals surface area contributed by atoms with E-state index in [1.165, 1.54) is 53.9 Å². The van der Waals surface area contributed by atoms with Gasteiger partial charge in [0.2, 0.25) is 21.8 Å². The van der Waals surface area contributed by atoms with E-state index in [4.69, 9.17) is 4.74 Å². The number of sulfonamides is 1. The summed E-state index contributed by atoms with van der Waals surface area (Å²) in [6, 6.07) is 9.74. The fourth-order valence-electron chi connectivity index (χ4n) is 3.35. The molecule has 2 N–H and O–H groups in total. The van der Waals surface area contributed by atoms with Crippen LogP contribution in [0, 0.1) is 5.82 Å². The first kappa shape index (κ1) is 25.0. The number of piperidine rings is 1. The van der Waals surface area contributed by atoms with Crippen LogP contribution in [0.5, 0.6) is 5.75 Å². The molecule has 8 nitrogen and oxygen atoms in total. The van der Waals surface area contributed by atoms with Gasteiger partial charge in [-0.3, -0.25) is 9.59 Å². The Bertz CT molecular complexity index is 1090. The zero-order chi connectivity index (χ0) is 23.8. The van der Waals surface area contributed by atoms with Crippen LogP contribution in [0.2, 0.25) is 0 Å². The van der Waals surface area contributed by atoms with Crippen molar-refractivity contribution < 1.29 is 27.1 Å². The van der Waals surface area contributed by atoms with E-state index in [1.807, 2.05) is 0 Å². The highest BCUT2D eigenvalue weighted by Crippen LogP contribution is 2.30. The Hall–Kier alpha value is -2.63. The van der Waals surface area contributed by atoms with Gasteiger partial charge in [-0.2, -0.15) is 4.31 Å². The molecule has 2 aromatic rings. The summed E-state index contributed by atoms with van der Waals surface area (Å²) >= 11 is 1.09. The third-order valence-electron chi connectivity index (χ3n) is 4.99. The number of rotatable bonds is 9. The molecule has 0 atom stereocenters. The minimum Gasteiger partial charge on any atom is -0.495 e. The third-order valence-corrected chi connectivity index (χ3v) is 7.82. The van der Waals surface area contributed by atoms with Crippen LogP contribution in [0.4, 0.5) is 15.8 Å². The van der Waals surface area contributed by atoms with E-state index >= 15 is 0 Å². The molecule has 1 saturated heterocycles. The van der Waals surface area contributed by atoms with Gasteiger partial charge in [0.1, 0.15) is 11.6 Å². The van der Waals surface area contributed by atoms with Crippen molar-refractivity contribution in [2.45, 2.75) is 24.2 Å². The van der Waals surface area contributed by atoms with Crippen LogP contribution in [-0.4, -0.2) is 56.2 Å². The Morgan fingerprint density at radius 3 is 2.27 bits per heavy atom. The number of halogens is 1. The van der Waals surface area contributed by atoms with Crippen molar-refractivity contribution in [2.75, 3.05) is 42.3 Å². The second-order valence-electron chi connectivity index (χ2n) is 7.42. The van der Waals surface area contributed by atoms with Gasteiger partial charge in [0, 0.05) is 18.8 Å². The number of ether oxygens (including phenoxy) is 1. The van der Waals surface area contributed by atoms with Crippen LogP contribution in [-0.2, 0) is 19.6 Å². The molecule has 0 aliphatic carbocycles. The summed E-state index contributed by atoms with van der Waals surface area (Å²) in [5, 5.41) is 5.28. The smallest absolute Gasteiger partial charge is 0.243 e. The van der Waals surface area contributed by atoms with Crippen molar-refractivity contribution in [3.8, 4) is 5.75 Å². The number of carbonyl (C=O) groups is 2. The summed E-state index contributed by atoms with van der Waals surface area (Å²) in [4.78, 5) is 24.5. The maximum absolute atomic E-state index is 12.9. The van der Waals surface area contributed by atoms with E-state index in [2.05, 4.69) is 10.6 Å². The molecule has 0 radical (unpaired) electrons. The number of thioether (sulfide) groups is 1. The monoisotopic (exact) mass is 495 g/mol. The molecule has 0 spiro atoms. The topological polar surface area (TPSA) is 105 Å². The Balaban J connectivity index is 1.57. The van der Waals surface area contributed by atoms with Crippen LogP contribution < -0.4 is 15.4 Å². The Labute approximate surface area is 196 Å². The van der Waals surface area contributed by atoms with Crippen LogP contribution in [0.15, 0.2) is 47.4 Å². The molecule has 33 heavy (non-hydrogen) atoms. The summed E-state index contributed by atoms with van der Waals surface area (Å²) in [6.07, 6.45) is 2.66. The van der Waals surface area contributed by atoms with Crippen LogP contribution in [0.3, 0.4) is 0 Å². The molecule has 178 valence electrons. The normalized spacial score (nSPS) is 14.5. The summed E-state index contributed by atoms with van der Waals surface area (Å²) in [5.41, 5.74) is 0.708. The summed E-state index contributed by atoms with van der Waals surface area (Å²) < 4.78 is 45.5. The minimum absolute atomic E-state index is 0.0192. The first-order valence-electron chi connectivity index (χ1n) is 10.4. The van der Waals surface area contributed by atoms with Crippen molar-refractivity contribution in [2.24, 2.45) is 0 Å². The van der Waals surface area contributed by atoms with E-state index in [-0.39, 0.29) is 28.0 Å². The zero-order valence-electron chi connectivity index (χ0n) is 18.2. The number of nitrogens with one attached hydrogen (secondary N) is 2. The Morgan fingerprint density at radius 2 is 1.64 bits per heavy atom. The summed E-state index contributed by atoms with van der Waals surface area (Å²) in [5.74, 6) is -0.803. The van der Waals surface area contributed by atoms with E-state index in [1.54, 1.807) is 0 Å². The zero-order valence-corrected chi connectivity index (χ0v) is 19.8. The van der Waals surface area contributed by atoms with Gasteiger partial charge in [-0.25, -0.2) is 12.8 Å². The first-order chi connectivity index (χ1) is 15.8. The largest absolute Gasteiger partial charge is 0.495 e. The van der Waals surface area contributed by atoms with Gasteiger partial charge in [-0.1, -0.05) is 6.42 Å². The maximum atomic E-state index is 12.9. The van der Waals surface area contributed by atoms with Crippen molar-refractivity contribution in [1.29, 1.82) is 0 Å². The van der Waals surface area contributed by atoms with Crippen molar-refractivity contribution in [3.05, 3.63) is 48.3 Å². The predicted molar refractivity (Wildman–Crippen MR) is 127 cm³/mol. The molecule has 0 saturated carbocycles. The maximum Gasteiger partial charge on any atom is 0.243 e. The number of amides is 2. The highest BCUT2D eigenvalue weighted by atomic mass is 32.2. The average Bonchev–Trinajstić information content (AvgIpc) is 2.81. The van der Waals surface area contributed by atoms with E-state index < -0.39 is 21.7 Å². The number of nitrogens with zero attached hydrogens (tertiary/aromatic N) is 1. The Morgan fingerprint density at radius 1 is 1.00 bits per heavy atom. The molecule has 3 rings (SSSR count). The van der Waals surface area contributed by atoms with Gasteiger partial charge in [-0.15, -0.1) is 11.8 Å². The SMILES string of the molecule is COc1ccc(S(=O)(=O)N2CCCCC2)cc1NC(=O)CSCC(=O)Nc1ccc(F)cc1. The lowest BCUT2D eigenvalue weighted by molar-refractivity contribution is -0.114. The predicted octanol–water partition coefficient (Wildman–Crippen LogP) is 3.32. The van der Waals surface area contributed by atoms with Crippen LogP contribution >= 0.6 is 11.8 Å². The van der Waals surface area contributed by atoms with Gasteiger partial charge < -0.3 is 15.4 Å². The lowest BCUT2D eigenvalue weighted by Gasteiger charge is -2.26. The molecule has 0 bridgehead atoms. The third kappa shape index (κ3) is 6.92. The highest BCUT2D eigenvalue weighted by molar-refractivity contribution is 8.00. The second kappa shape index (κ2) is 11.5. The molecule has 1 aliphatic rings. The molecule has 0 unspecified atom stereocenters. The molecule has 11 heteroatoms. The summed E-state index contributed by atoms with van der Waals surface area (Å²) in [6.45, 7) is 0.958. The molecule has 1 aliphatic heterocycles. The number of carbonyl (C=O) groups excluding carboxylic acids is 2. The number of hydrogen-bond donors (Lipinski definition) is 2. The van der Waals surface area contributed by atoms with E-state index in [0.29, 0.717) is 24.5 Å². The molecule has 0 aromatic heterocycles. The fourth-order valence-corrected chi connectivity index (χ4v) is 5.51. The molecule has 1 fully saturated rings. The molecule has 2 amide bonds. The van der Waals surface area contributed by atoms with E-state index in [9.17, 15) is 22.4 Å². The lowest BCUT2D eigenvalue weighted by atomic mass is 10.2. The molecule has 1 heterocycles. The van der Waals surface area contributed by atoms with Crippen LogP contribution in [0.25, 0.3) is 0 Å². The number of benzene rings is 2. The van der Waals surface area contributed by atoms with Gasteiger partial charge in [0.15, 0.2) is 0 Å². The quantitative estimate of drug-likeness (QED) is 0.553. The number of methoxy groups -OCH3 is 1. The van der Waals surface area contributed by atoms with Gasteiger partial charge >= 0.3 is 0 Å². The highest BCUT2D eigenvalue weighted by Gasteiger charge is 2.27. The van der Waals surface area contributed by atoms with E-state index in [0.717, 1.165) is 31.0 Å². The van der Waals surface area contributed by atoms with Crippen LogP contribution in [0.1, 0.15) is 19.3 Å².